The number of aliphatic hydroxyl groups is 1. The number of nitrogens with zero attached hydrogens (tertiary/aromatic N) is 1. The largest absolute Gasteiger partial charge is 0.508 e. The zero-order valence-corrected chi connectivity index (χ0v) is 24.2. The number of aromatic nitrogens is 1. The number of phenolic OH excluding ortho intramolecular Hbond substituents is 2. The molecule has 42 heavy (non-hydrogen) atoms. The Hall–Kier alpha value is -3.85. The third-order valence-electron chi connectivity index (χ3n) is 8.30. The maximum Gasteiger partial charge on any atom is 0.248 e. The molecule has 0 radical (unpaired) electrons. The summed E-state index contributed by atoms with van der Waals surface area (Å²) < 4.78 is 5.98. The highest BCUT2D eigenvalue weighted by molar-refractivity contribution is 5.87. The molecule has 0 bridgehead atoms. The Balaban J connectivity index is 1.05. The number of aliphatic hydroxyl groups excluding tert-OH is 1. The van der Waals surface area contributed by atoms with E-state index in [1.807, 2.05) is 36.4 Å². The van der Waals surface area contributed by atoms with Crippen LogP contribution in [0.2, 0.25) is 0 Å². The molecule has 2 heterocycles. The van der Waals surface area contributed by atoms with Crippen molar-refractivity contribution >= 4 is 10.9 Å². The molecule has 1 saturated heterocycles. The van der Waals surface area contributed by atoms with Gasteiger partial charge in [-0.05, 0) is 104 Å². The Morgan fingerprint density at radius 3 is 2.48 bits per heavy atom. The zero-order valence-electron chi connectivity index (χ0n) is 24.2. The average Bonchev–Trinajstić information content (AvgIpc) is 3.01. The lowest BCUT2D eigenvalue weighted by Crippen LogP contribution is -2.32. The van der Waals surface area contributed by atoms with E-state index in [-0.39, 0.29) is 11.3 Å². The van der Waals surface area contributed by atoms with Gasteiger partial charge in [-0.2, -0.15) is 0 Å². The Bertz CT molecular complexity index is 1530. The molecule has 1 aromatic heterocycles. The van der Waals surface area contributed by atoms with Crippen molar-refractivity contribution in [2.45, 2.75) is 51.2 Å². The van der Waals surface area contributed by atoms with E-state index in [1.165, 1.54) is 17.7 Å². The van der Waals surface area contributed by atoms with Gasteiger partial charge >= 0.3 is 0 Å². The fourth-order valence-electron chi connectivity index (χ4n) is 5.83. The molecule has 8 heteroatoms. The summed E-state index contributed by atoms with van der Waals surface area (Å²) in [4.78, 5) is 16.7. The van der Waals surface area contributed by atoms with E-state index in [1.54, 1.807) is 12.1 Å². The summed E-state index contributed by atoms with van der Waals surface area (Å²) in [6, 6.07) is 20.1. The summed E-state index contributed by atoms with van der Waals surface area (Å²) in [6.45, 7) is 6.98. The van der Waals surface area contributed by atoms with Crippen molar-refractivity contribution in [1.82, 2.24) is 15.2 Å². The van der Waals surface area contributed by atoms with E-state index < -0.39 is 6.10 Å². The first-order valence-corrected chi connectivity index (χ1v) is 14.9. The summed E-state index contributed by atoms with van der Waals surface area (Å²) in [6.07, 6.45) is 3.18. The molecular weight excluding hydrogens is 530 g/mol. The molecule has 0 spiro atoms. The highest BCUT2D eigenvalue weighted by Crippen LogP contribution is 2.34. The minimum Gasteiger partial charge on any atom is -0.508 e. The number of hydrogen-bond donors (Lipinski definition) is 5. The lowest BCUT2D eigenvalue weighted by molar-refractivity contribution is 0.176. The number of rotatable bonds is 12. The van der Waals surface area contributed by atoms with Crippen LogP contribution in [-0.4, -0.2) is 58.0 Å². The van der Waals surface area contributed by atoms with Crippen molar-refractivity contribution in [3.63, 3.8) is 0 Å². The Morgan fingerprint density at radius 1 is 0.976 bits per heavy atom. The fourth-order valence-corrected chi connectivity index (χ4v) is 5.83. The van der Waals surface area contributed by atoms with Crippen molar-refractivity contribution in [3.05, 3.63) is 99.3 Å². The number of aromatic amines is 1. The third-order valence-corrected chi connectivity index (χ3v) is 8.30. The molecule has 5 rings (SSSR count). The first kappa shape index (κ1) is 29.6. The van der Waals surface area contributed by atoms with E-state index in [2.05, 4.69) is 28.2 Å². The summed E-state index contributed by atoms with van der Waals surface area (Å²) in [7, 11) is 0. The van der Waals surface area contributed by atoms with Crippen LogP contribution in [0, 0.1) is 0 Å². The van der Waals surface area contributed by atoms with Gasteiger partial charge < -0.3 is 35.3 Å². The smallest absolute Gasteiger partial charge is 0.248 e. The van der Waals surface area contributed by atoms with Crippen LogP contribution in [0.15, 0.2) is 71.5 Å². The number of aryl methyl sites for hydroxylation is 1. The molecule has 0 saturated carbocycles. The normalized spacial score (nSPS) is 15.2. The number of piperidine rings is 1. The van der Waals surface area contributed by atoms with E-state index >= 15 is 0 Å². The first-order valence-electron chi connectivity index (χ1n) is 14.9. The Labute approximate surface area is 246 Å². The summed E-state index contributed by atoms with van der Waals surface area (Å²) in [5.74, 6) is 1.64. The van der Waals surface area contributed by atoms with Gasteiger partial charge in [0.1, 0.15) is 17.2 Å². The maximum absolute atomic E-state index is 11.6. The second kappa shape index (κ2) is 13.9. The minimum atomic E-state index is -0.805. The fraction of sp³-hybridized carbons (Fsp3) is 0.382. The number of ether oxygens (including phenoxy) is 1. The first-order chi connectivity index (χ1) is 20.4. The molecule has 1 aliphatic rings. The highest BCUT2D eigenvalue weighted by atomic mass is 16.5. The quantitative estimate of drug-likeness (QED) is 0.152. The number of benzene rings is 3. The van der Waals surface area contributed by atoms with Gasteiger partial charge in [-0.1, -0.05) is 37.3 Å². The summed E-state index contributed by atoms with van der Waals surface area (Å²) >= 11 is 0. The van der Waals surface area contributed by atoms with E-state index in [4.69, 9.17) is 4.74 Å². The highest BCUT2D eigenvalue weighted by Gasteiger charge is 2.22. The maximum atomic E-state index is 11.6. The van der Waals surface area contributed by atoms with E-state index in [9.17, 15) is 20.1 Å². The second-order valence-electron chi connectivity index (χ2n) is 11.1. The van der Waals surface area contributed by atoms with Crippen molar-refractivity contribution in [3.8, 4) is 17.2 Å². The summed E-state index contributed by atoms with van der Waals surface area (Å²) in [5.41, 5.74) is 4.05. The molecule has 222 valence electrons. The summed E-state index contributed by atoms with van der Waals surface area (Å²) in [5, 5.41) is 35.2. The molecule has 0 amide bonds. The second-order valence-corrected chi connectivity index (χ2v) is 11.1. The van der Waals surface area contributed by atoms with Crippen molar-refractivity contribution < 1.29 is 20.1 Å². The van der Waals surface area contributed by atoms with Gasteiger partial charge in [-0.15, -0.1) is 0 Å². The predicted octanol–water partition coefficient (Wildman–Crippen LogP) is 4.97. The number of aromatic hydroxyl groups is 2. The molecular formula is C34H41N3O5. The van der Waals surface area contributed by atoms with Crippen LogP contribution in [0.4, 0.5) is 0 Å². The number of hydrogen-bond acceptors (Lipinski definition) is 7. The molecule has 5 N–H and O–H groups in total. The van der Waals surface area contributed by atoms with Gasteiger partial charge in [0.05, 0.1) is 18.2 Å². The molecule has 1 fully saturated rings. The van der Waals surface area contributed by atoms with Crippen molar-refractivity contribution in [1.29, 1.82) is 0 Å². The van der Waals surface area contributed by atoms with E-state index in [0.29, 0.717) is 47.8 Å². The number of phenols is 2. The van der Waals surface area contributed by atoms with Crippen LogP contribution in [0.25, 0.3) is 10.9 Å². The predicted molar refractivity (Wildman–Crippen MR) is 165 cm³/mol. The van der Waals surface area contributed by atoms with Crippen LogP contribution in [0.1, 0.15) is 60.5 Å². The molecule has 1 atom stereocenters. The molecule has 3 aromatic carbocycles. The number of fused-ring (bicyclic) bond motifs is 1. The zero-order chi connectivity index (χ0) is 29.5. The Morgan fingerprint density at radius 2 is 1.71 bits per heavy atom. The molecule has 0 aliphatic carbocycles. The van der Waals surface area contributed by atoms with Crippen LogP contribution < -0.4 is 15.6 Å². The topological polar surface area (TPSA) is 118 Å². The van der Waals surface area contributed by atoms with Gasteiger partial charge in [0.2, 0.25) is 5.56 Å². The van der Waals surface area contributed by atoms with Crippen LogP contribution >= 0.6 is 0 Å². The molecule has 4 aromatic rings. The monoisotopic (exact) mass is 571 g/mol. The SMILES string of the molecule is CCN1CCC(c2cc(CCCOc3ccc(CNC[C@H](O)c4ccc(O)c5[nH]c(=O)ccc45)cc3)ccc2O)CC1. The molecule has 0 unspecified atom stereocenters. The molecule has 1 aliphatic heterocycles. The van der Waals surface area contributed by atoms with Crippen molar-refractivity contribution in [2.24, 2.45) is 0 Å². The number of likely N-dealkylation sites (tertiary alicyclic amines) is 1. The lowest BCUT2D eigenvalue weighted by Gasteiger charge is -2.31. The molecule has 8 nitrogen and oxygen atoms in total. The average molecular weight is 572 g/mol. The van der Waals surface area contributed by atoms with Crippen LogP contribution in [0.5, 0.6) is 17.2 Å². The van der Waals surface area contributed by atoms with Crippen molar-refractivity contribution in [2.75, 3.05) is 32.8 Å². The standard InChI is InChI=1S/C34H41N3O5/c1-2-37-17-15-25(16-18-37)29-20-23(7-12-30(29)38)4-3-19-42-26-8-5-24(6-9-26)21-35-22-32(40)27-10-13-31(39)34-28(27)11-14-33(41)36-34/h5-14,20,25,32,35,38-40H,2-4,15-19,21-22H2,1H3,(H,36,41)/t32-/m0/s1. The van der Waals surface area contributed by atoms with Crippen LogP contribution in [-0.2, 0) is 13.0 Å². The number of nitrogens with one attached hydrogen (secondary N) is 2. The third kappa shape index (κ3) is 7.31. The van der Waals surface area contributed by atoms with Gasteiger partial charge in [-0.25, -0.2) is 0 Å². The van der Waals surface area contributed by atoms with Gasteiger partial charge in [0.25, 0.3) is 0 Å². The van der Waals surface area contributed by atoms with Gasteiger partial charge in [0, 0.05) is 24.5 Å². The number of H-pyrrole nitrogens is 1. The van der Waals surface area contributed by atoms with E-state index in [0.717, 1.165) is 62.2 Å². The Kier molecular flexibility index (Phi) is 9.79. The van der Waals surface area contributed by atoms with Gasteiger partial charge in [-0.3, -0.25) is 4.79 Å². The lowest BCUT2D eigenvalue weighted by atomic mass is 9.87. The van der Waals surface area contributed by atoms with Crippen LogP contribution in [0.3, 0.4) is 0 Å². The van der Waals surface area contributed by atoms with Gasteiger partial charge in [0.15, 0.2) is 0 Å². The minimum absolute atomic E-state index is 0.0261. The number of pyridine rings is 1.